The second-order valence-corrected chi connectivity index (χ2v) is 4.74. The van der Waals surface area contributed by atoms with Gasteiger partial charge in [-0.1, -0.05) is 15.9 Å². The zero-order chi connectivity index (χ0) is 14.5. The summed E-state index contributed by atoms with van der Waals surface area (Å²) >= 11 is 3.35. The number of nitrogens with zero attached hydrogens (tertiary/aromatic N) is 2. The molecule has 104 valence electrons. The fourth-order valence-electron chi connectivity index (χ4n) is 1.58. The summed E-state index contributed by atoms with van der Waals surface area (Å²) in [6.07, 6.45) is 2.79. The summed E-state index contributed by atoms with van der Waals surface area (Å²) in [4.78, 5) is 19.5. The monoisotopic (exact) mass is 337 g/mol. The van der Waals surface area contributed by atoms with Gasteiger partial charge in [0.2, 0.25) is 0 Å². The van der Waals surface area contributed by atoms with Crippen LogP contribution in [0.2, 0.25) is 0 Å². The van der Waals surface area contributed by atoms with Crippen LogP contribution in [0.15, 0.2) is 35.1 Å². The molecule has 0 saturated heterocycles. The molecule has 0 unspecified atom stereocenters. The van der Waals surface area contributed by atoms with Gasteiger partial charge >= 0.3 is 5.97 Å². The first-order valence-electron chi connectivity index (χ1n) is 5.68. The van der Waals surface area contributed by atoms with Gasteiger partial charge in [0.05, 0.1) is 7.11 Å². The average Bonchev–Trinajstić information content (AvgIpc) is 2.45. The molecule has 2 N–H and O–H groups in total. The zero-order valence-corrected chi connectivity index (χ0v) is 12.3. The predicted molar refractivity (Wildman–Crippen MR) is 76.3 cm³/mol. The van der Waals surface area contributed by atoms with Crippen LogP contribution in [0.1, 0.15) is 16.1 Å². The first-order valence-corrected chi connectivity index (χ1v) is 6.47. The van der Waals surface area contributed by atoms with Gasteiger partial charge in [-0.3, -0.25) is 0 Å². The SMILES string of the molecule is COc1ccc(Br)cc1COC(=O)c1nccnc1N. The second kappa shape index (κ2) is 6.33. The Morgan fingerprint density at radius 3 is 2.80 bits per heavy atom. The molecule has 0 bridgehead atoms. The van der Waals surface area contributed by atoms with Gasteiger partial charge in [0.15, 0.2) is 11.5 Å². The molecule has 0 fully saturated rings. The Kier molecular flexibility index (Phi) is 4.52. The Labute approximate surface area is 124 Å². The summed E-state index contributed by atoms with van der Waals surface area (Å²) in [5.41, 5.74) is 6.30. The number of aromatic nitrogens is 2. The number of rotatable bonds is 4. The number of carbonyl (C=O) groups excluding carboxylic acids is 1. The highest BCUT2D eigenvalue weighted by Gasteiger charge is 2.15. The van der Waals surface area contributed by atoms with Crippen molar-refractivity contribution < 1.29 is 14.3 Å². The van der Waals surface area contributed by atoms with Crippen LogP contribution in [0.25, 0.3) is 0 Å². The first-order chi connectivity index (χ1) is 9.61. The molecule has 0 aliphatic rings. The lowest BCUT2D eigenvalue weighted by atomic mass is 10.2. The van der Waals surface area contributed by atoms with Crippen LogP contribution < -0.4 is 10.5 Å². The van der Waals surface area contributed by atoms with Crippen molar-refractivity contribution in [3.8, 4) is 5.75 Å². The van der Waals surface area contributed by atoms with Crippen molar-refractivity contribution in [1.29, 1.82) is 0 Å². The maximum Gasteiger partial charge on any atom is 0.361 e. The van der Waals surface area contributed by atoms with E-state index in [1.54, 1.807) is 13.2 Å². The van der Waals surface area contributed by atoms with Gasteiger partial charge in [0.1, 0.15) is 12.4 Å². The van der Waals surface area contributed by atoms with E-state index in [0.717, 1.165) is 10.0 Å². The standard InChI is InChI=1S/C13H12BrN3O3/c1-19-10-3-2-9(14)6-8(10)7-20-13(18)11-12(15)17-5-4-16-11/h2-6H,7H2,1H3,(H2,15,17). The highest BCUT2D eigenvalue weighted by atomic mass is 79.9. The van der Waals surface area contributed by atoms with Crippen molar-refractivity contribution >= 4 is 27.7 Å². The van der Waals surface area contributed by atoms with Crippen LogP contribution in [-0.2, 0) is 11.3 Å². The molecular weight excluding hydrogens is 326 g/mol. The van der Waals surface area contributed by atoms with Crippen molar-refractivity contribution in [1.82, 2.24) is 9.97 Å². The van der Waals surface area contributed by atoms with Gasteiger partial charge < -0.3 is 15.2 Å². The fourth-order valence-corrected chi connectivity index (χ4v) is 1.99. The molecule has 0 atom stereocenters. The average molecular weight is 338 g/mol. The van der Waals surface area contributed by atoms with Gasteiger partial charge in [-0.15, -0.1) is 0 Å². The fraction of sp³-hybridized carbons (Fsp3) is 0.154. The minimum atomic E-state index is -0.627. The third-order valence-electron chi connectivity index (χ3n) is 2.52. The maximum absolute atomic E-state index is 11.9. The predicted octanol–water partition coefficient (Wildman–Crippen LogP) is 2.19. The third kappa shape index (κ3) is 3.24. The molecule has 20 heavy (non-hydrogen) atoms. The van der Waals surface area contributed by atoms with E-state index in [9.17, 15) is 4.79 Å². The van der Waals surface area contributed by atoms with Crippen molar-refractivity contribution in [2.24, 2.45) is 0 Å². The van der Waals surface area contributed by atoms with Crippen LogP contribution in [0, 0.1) is 0 Å². The Balaban J connectivity index is 2.11. The highest BCUT2D eigenvalue weighted by Crippen LogP contribution is 2.24. The van der Waals surface area contributed by atoms with Crippen molar-refractivity contribution in [3.63, 3.8) is 0 Å². The lowest BCUT2D eigenvalue weighted by Crippen LogP contribution is -2.11. The van der Waals surface area contributed by atoms with E-state index in [2.05, 4.69) is 25.9 Å². The Morgan fingerprint density at radius 2 is 2.10 bits per heavy atom. The Bertz CT molecular complexity index is 634. The molecule has 1 aromatic heterocycles. The molecule has 1 aromatic carbocycles. The molecule has 2 rings (SSSR count). The summed E-state index contributed by atoms with van der Waals surface area (Å²) in [7, 11) is 1.55. The largest absolute Gasteiger partial charge is 0.496 e. The second-order valence-electron chi connectivity index (χ2n) is 3.82. The number of halogens is 1. The lowest BCUT2D eigenvalue weighted by Gasteiger charge is -2.10. The van der Waals surface area contributed by atoms with Gasteiger partial charge in [0.25, 0.3) is 0 Å². The van der Waals surface area contributed by atoms with Gasteiger partial charge in [-0.05, 0) is 18.2 Å². The number of esters is 1. The third-order valence-corrected chi connectivity index (χ3v) is 3.01. The van der Waals surface area contributed by atoms with E-state index >= 15 is 0 Å². The van der Waals surface area contributed by atoms with E-state index in [1.807, 2.05) is 12.1 Å². The van der Waals surface area contributed by atoms with E-state index in [1.165, 1.54) is 12.4 Å². The van der Waals surface area contributed by atoms with Crippen LogP contribution in [0.4, 0.5) is 5.82 Å². The van der Waals surface area contributed by atoms with Gasteiger partial charge in [-0.25, -0.2) is 14.8 Å². The minimum Gasteiger partial charge on any atom is -0.496 e. The number of carbonyl (C=O) groups is 1. The van der Waals surface area contributed by atoms with Crippen LogP contribution in [0.5, 0.6) is 5.75 Å². The van der Waals surface area contributed by atoms with E-state index in [4.69, 9.17) is 15.2 Å². The van der Waals surface area contributed by atoms with Crippen molar-refractivity contribution in [2.45, 2.75) is 6.61 Å². The number of nitrogen functional groups attached to an aromatic ring is 1. The van der Waals surface area contributed by atoms with Gasteiger partial charge in [0, 0.05) is 22.4 Å². The molecule has 0 radical (unpaired) electrons. The molecule has 0 aliphatic carbocycles. The lowest BCUT2D eigenvalue weighted by molar-refractivity contribution is 0.0464. The molecule has 1 heterocycles. The van der Waals surface area contributed by atoms with Gasteiger partial charge in [-0.2, -0.15) is 0 Å². The van der Waals surface area contributed by atoms with Crippen LogP contribution >= 0.6 is 15.9 Å². The minimum absolute atomic E-state index is 0.00136. The molecule has 0 amide bonds. The number of hydrogen-bond acceptors (Lipinski definition) is 6. The number of ether oxygens (including phenoxy) is 2. The number of hydrogen-bond donors (Lipinski definition) is 1. The number of nitrogens with two attached hydrogens (primary N) is 1. The number of anilines is 1. The summed E-state index contributed by atoms with van der Waals surface area (Å²) < 4.78 is 11.2. The van der Waals surface area contributed by atoms with E-state index < -0.39 is 5.97 Å². The smallest absolute Gasteiger partial charge is 0.361 e. The normalized spacial score (nSPS) is 10.1. The van der Waals surface area contributed by atoms with E-state index in [0.29, 0.717) is 5.75 Å². The molecule has 6 nitrogen and oxygen atoms in total. The van der Waals surface area contributed by atoms with E-state index in [-0.39, 0.29) is 18.1 Å². The van der Waals surface area contributed by atoms with Crippen LogP contribution in [0.3, 0.4) is 0 Å². The zero-order valence-electron chi connectivity index (χ0n) is 10.7. The molecule has 0 saturated carbocycles. The molecule has 0 spiro atoms. The Hall–Kier alpha value is -2.15. The maximum atomic E-state index is 11.9. The summed E-state index contributed by atoms with van der Waals surface area (Å²) in [5, 5.41) is 0. The Morgan fingerprint density at radius 1 is 1.35 bits per heavy atom. The molecule has 0 aliphatic heterocycles. The summed E-state index contributed by atoms with van der Waals surface area (Å²) in [5.74, 6) is 0.0458. The van der Waals surface area contributed by atoms with Crippen LogP contribution in [-0.4, -0.2) is 23.0 Å². The topological polar surface area (TPSA) is 87.3 Å². The number of methoxy groups -OCH3 is 1. The summed E-state index contributed by atoms with van der Waals surface area (Å²) in [6, 6.07) is 5.43. The summed E-state index contributed by atoms with van der Waals surface area (Å²) in [6.45, 7) is 0.0530. The molecule has 7 heteroatoms. The van der Waals surface area contributed by atoms with Crippen molar-refractivity contribution in [3.05, 3.63) is 46.3 Å². The van der Waals surface area contributed by atoms with Crippen molar-refractivity contribution in [2.75, 3.05) is 12.8 Å². The molecule has 2 aromatic rings. The number of benzene rings is 1. The molecular formula is C13H12BrN3O3. The quantitative estimate of drug-likeness (QED) is 0.860. The highest BCUT2D eigenvalue weighted by molar-refractivity contribution is 9.10. The first kappa shape index (κ1) is 14.3.